The number of nitrogens with two attached hydrogens (primary N) is 1. The van der Waals surface area contributed by atoms with Gasteiger partial charge in [0.2, 0.25) is 5.01 Å². The van der Waals surface area contributed by atoms with Crippen LogP contribution in [0.25, 0.3) is 57.3 Å². The Bertz CT molecular complexity index is 3510. The molecule has 6 N–H and O–H groups in total. The van der Waals surface area contributed by atoms with E-state index in [4.69, 9.17) is 10.8 Å². The number of benzene rings is 6. The third-order valence-corrected chi connectivity index (χ3v) is 12.5. The van der Waals surface area contributed by atoms with Crippen molar-refractivity contribution in [1.29, 1.82) is 0 Å². The van der Waals surface area contributed by atoms with Gasteiger partial charge < -0.3 is 16.2 Å². The molecule has 0 aliphatic rings. The highest BCUT2D eigenvalue weighted by atomic mass is 32.1. The number of H-pyrrole nitrogens is 2. The summed E-state index contributed by atoms with van der Waals surface area (Å²) >= 11 is 2.56. The maximum absolute atomic E-state index is 12.5. The molecule has 340 valence electrons. The number of fused-ring (bicyclic) bond motifs is 2. The Labute approximate surface area is 406 Å². The van der Waals surface area contributed by atoms with Crippen molar-refractivity contribution in [2.75, 3.05) is 11.1 Å². The number of hydrogen-bond donors (Lipinski definition) is 5. The van der Waals surface area contributed by atoms with E-state index < -0.39 is 5.97 Å². The number of aryl methyl sites for hydroxylation is 2. The number of anilines is 2. The summed E-state index contributed by atoms with van der Waals surface area (Å²) in [6, 6.07) is 48.2. The lowest BCUT2D eigenvalue weighted by molar-refractivity contribution is 0.0696. The highest BCUT2D eigenvalue weighted by Gasteiger charge is 2.13. The van der Waals surface area contributed by atoms with Gasteiger partial charge in [-0.05, 0) is 119 Å². The fourth-order valence-corrected chi connectivity index (χ4v) is 8.39. The maximum atomic E-state index is 12.5. The quantitative estimate of drug-likeness (QED) is 0.0796. The van der Waals surface area contributed by atoms with Crippen LogP contribution in [0.3, 0.4) is 0 Å². The number of aromatic nitrogens is 6. The molecular weight excluding hydrogens is 897 g/mol. The van der Waals surface area contributed by atoms with E-state index in [1.165, 1.54) is 22.7 Å². The predicted octanol–water partition coefficient (Wildman–Crippen LogP) is 13.3. The third-order valence-electron chi connectivity index (χ3n) is 10.7. The average Bonchev–Trinajstić information content (AvgIpc) is 4.20. The Hall–Kier alpha value is -8.78. The first-order chi connectivity index (χ1) is 33.5. The summed E-state index contributed by atoms with van der Waals surface area (Å²) < 4.78 is 0. The molecule has 69 heavy (non-hydrogen) atoms. The van der Waals surface area contributed by atoms with Gasteiger partial charge in [0.1, 0.15) is 0 Å². The second kappa shape index (κ2) is 21.7. The Morgan fingerprint density at radius 1 is 0.580 bits per heavy atom. The molecule has 10 aromatic rings. The summed E-state index contributed by atoms with van der Waals surface area (Å²) in [4.78, 5) is 32.3. The predicted molar refractivity (Wildman–Crippen MR) is 285 cm³/mol. The molecule has 10 rings (SSSR count). The lowest BCUT2D eigenvalue weighted by Crippen LogP contribution is -2.11. The molecule has 4 aromatic heterocycles. The van der Waals surface area contributed by atoms with E-state index in [0.29, 0.717) is 10.7 Å². The first-order valence-electron chi connectivity index (χ1n) is 21.6. The number of amides is 1. The Morgan fingerprint density at radius 3 is 1.52 bits per heavy atom. The molecule has 0 aliphatic heterocycles. The van der Waals surface area contributed by atoms with Crippen molar-refractivity contribution >= 4 is 103 Å². The number of aromatic amines is 2. The van der Waals surface area contributed by atoms with Gasteiger partial charge in [0.15, 0.2) is 5.01 Å². The molecule has 0 atom stereocenters. The number of nitrogens with one attached hydrogen (secondary N) is 3. The molecule has 0 fully saturated rings. The number of aromatic carboxylic acids is 1. The molecule has 13 heteroatoms. The highest BCUT2D eigenvalue weighted by Crippen LogP contribution is 2.30. The number of thiazole rings is 2. The Balaban J connectivity index is 0.000000161. The minimum atomic E-state index is -0.951. The third kappa shape index (κ3) is 12.0. The number of carboxylic acid groups (broad SMARTS) is 1. The van der Waals surface area contributed by atoms with Crippen molar-refractivity contribution in [3.05, 3.63) is 236 Å². The van der Waals surface area contributed by atoms with Gasteiger partial charge >= 0.3 is 5.97 Å². The van der Waals surface area contributed by atoms with Crippen LogP contribution in [-0.2, 0) is 0 Å². The highest BCUT2D eigenvalue weighted by molar-refractivity contribution is 7.13. The summed E-state index contributed by atoms with van der Waals surface area (Å²) in [5, 5.41) is 29.1. The molecule has 0 bridgehead atoms. The molecule has 6 aromatic carbocycles. The van der Waals surface area contributed by atoms with E-state index in [-0.39, 0.29) is 10.9 Å². The maximum Gasteiger partial charge on any atom is 0.365 e. The van der Waals surface area contributed by atoms with Crippen LogP contribution in [0.2, 0.25) is 0 Å². The first-order valence-corrected chi connectivity index (χ1v) is 23.3. The van der Waals surface area contributed by atoms with Crippen LogP contribution in [0.4, 0.5) is 11.4 Å². The van der Waals surface area contributed by atoms with Crippen LogP contribution in [0.15, 0.2) is 171 Å². The van der Waals surface area contributed by atoms with E-state index >= 15 is 0 Å². The zero-order valence-corrected chi connectivity index (χ0v) is 39.3. The van der Waals surface area contributed by atoms with Crippen molar-refractivity contribution < 1.29 is 14.7 Å². The molecule has 0 saturated heterocycles. The van der Waals surface area contributed by atoms with Gasteiger partial charge in [-0.25, -0.2) is 14.8 Å². The largest absolute Gasteiger partial charge is 0.476 e. The Morgan fingerprint density at radius 2 is 1.06 bits per heavy atom. The van der Waals surface area contributed by atoms with Gasteiger partial charge in [-0.1, -0.05) is 122 Å². The van der Waals surface area contributed by atoms with Crippen LogP contribution in [-0.4, -0.2) is 47.3 Å². The minimum absolute atomic E-state index is 0.160. The number of hydrogen-bond acceptors (Lipinski definition) is 9. The van der Waals surface area contributed by atoms with Crippen molar-refractivity contribution in [2.24, 2.45) is 0 Å². The van der Waals surface area contributed by atoms with Crippen LogP contribution in [0.1, 0.15) is 74.1 Å². The summed E-state index contributed by atoms with van der Waals surface area (Å²) in [5.74, 6) is -1.16. The summed E-state index contributed by atoms with van der Waals surface area (Å²) in [7, 11) is 0. The Kier molecular flexibility index (Phi) is 14.7. The smallest absolute Gasteiger partial charge is 0.365 e. The summed E-state index contributed by atoms with van der Waals surface area (Å²) in [6.07, 6.45) is 11.4. The lowest BCUT2D eigenvalue weighted by Gasteiger charge is -2.09. The second-order valence-corrected chi connectivity index (χ2v) is 18.2. The molecular formula is C56H46N8O3S2. The molecule has 4 heterocycles. The average molecular weight is 943 g/mol. The number of nitrogen functional groups attached to an aromatic ring is 1. The number of rotatable bonds is 11. The summed E-state index contributed by atoms with van der Waals surface area (Å²) in [5.41, 5.74) is 19.1. The van der Waals surface area contributed by atoms with E-state index in [1.54, 1.807) is 12.4 Å². The molecule has 0 saturated carbocycles. The van der Waals surface area contributed by atoms with E-state index in [9.17, 15) is 9.59 Å². The monoisotopic (exact) mass is 942 g/mol. The lowest BCUT2D eigenvalue weighted by atomic mass is 9.98. The van der Waals surface area contributed by atoms with Crippen LogP contribution in [0.5, 0.6) is 0 Å². The number of carbonyl (C=O) groups excluding carboxylic acids is 1. The molecule has 0 unspecified atom stereocenters. The number of carbonyl (C=O) groups is 2. The fourth-order valence-electron chi connectivity index (χ4n) is 7.13. The van der Waals surface area contributed by atoms with Crippen LogP contribution in [0, 0.1) is 13.8 Å². The van der Waals surface area contributed by atoms with Crippen molar-refractivity contribution in [3.8, 4) is 0 Å². The van der Waals surface area contributed by atoms with Gasteiger partial charge in [-0.3, -0.25) is 15.0 Å². The minimum Gasteiger partial charge on any atom is -0.476 e. The topological polar surface area (TPSA) is 176 Å². The first kappa shape index (κ1) is 46.7. The van der Waals surface area contributed by atoms with E-state index in [0.717, 1.165) is 93.2 Å². The SMILES string of the molecule is C=C(c1cccc(N)c1)c1ccc2c(/C=C/c3ccccc3)n[nH]c2c1.C=C(c1cccc(NC(=O)c2ncc(C)s2)c1)c1ccc2c(/C=C/c3ccccc3)n[nH]c2c1.Cc1cnc(C(=O)O)s1. The van der Waals surface area contributed by atoms with Gasteiger partial charge in [0.05, 0.1) is 22.4 Å². The number of nitrogens with zero attached hydrogens (tertiary/aromatic N) is 4. The van der Waals surface area contributed by atoms with Gasteiger partial charge in [-0.15, -0.1) is 22.7 Å². The van der Waals surface area contributed by atoms with Crippen molar-refractivity contribution in [2.45, 2.75) is 13.8 Å². The van der Waals surface area contributed by atoms with Gasteiger partial charge in [0.25, 0.3) is 5.91 Å². The van der Waals surface area contributed by atoms with E-state index in [2.05, 4.69) is 110 Å². The molecule has 0 aliphatic carbocycles. The van der Waals surface area contributed by atoms with Gasteiger partial charge in [0, 0.05) is 44.3 Å². The van der Waals surface area contributed by atoms with Crippen LogP contribution < -0.4 is 11.1 Å². The summed E-state index contributed by atoms with van der Waals surface area (Å²) in [6.45, 7) is 12.3. The zero-order valence-electron chi connectivity index (χ0n) is 37.7. The van der Waals surface area contributed by atoms with Crippen molar-refractivity contribution in [3.63, 3.8) is 0 Å². The number of carboxylic acids is 1. The normalized spacial score (nSPS) is 11.0. The van der Waals surface area contributed by atoms with E-state index in [1.807, 2.05) is 123 Å². The molecule has 0 radical (unpaired) electrons. The van der Waals surface area contributed by atoms with Crippen molar-refractivity contribution in [1.82, 2.24) is 30.4 Å². The molecule has 11 nitrogen and oxygen atoms in total. The fraction of sp³-hybridized carbons (Fsp3) is 0.0357. The zero-order chi connectivity index (χ0) is 48.3. The molecule has 0 spiro atoms. The second-order valence-electron chi connectivity index (χ2n) is 15.7. The molecule has 1 amide bonds. The van der Waals surface area contributed by atoms with Crippen LogP contribution >= 0.6 is 22.7 Å². The van der Waals surface area contributed by atoms with Gasteiger partial charge in [-0.2, -0.15) is 10.2 Å². The standard InChI is InChI=1S/C28H22N4OS.C23H19N3.C5H5NO2S/c1-18-17-29-28(34-18)27(33)30-23-10-6-9-21(15-23)19(2)22-12-13-24-25(31-32-26(24)16-22)14-11-20-7-4-3-5-8-20;1-16(18-8-5-9-20(24)14-18)19-11-12-21-22(25-26-23(21)15-19)13-10-17-6-3-2-4-7-17;1-3-2-6-4(9-3)5(7)8/h3-17H,2H2,1H3,(H,30,33)(H,31,32);2-15H,1,24H2,(H,25,26);2H,1H3,(H,7,8)/b14-11+;13-10+;.